The molecule has 1 heteroatoms. The van der Waals surface area contributed by atoms with E-state index >= 15 is 0 Å². The van der Waals surface area contributed by atoms with E-state index in [0.717, 1.165) is 17.9 Å². The van der Waals surface area contributed by atoms with Crippen LogP contribution in [0.4, 0.5) is 0 Å². The lowest BCUT2D eigenvalue weighted by molar-refractivity contribution is 0.147. The van der Waals surface area contributed by atoms with Crippen LogP contribution in [-0.4, -0.2) is 24.5 Å². The first-order valence-corrected chi connectivity index (χ1v) is 6.35. The van der Waals surface area contributed by atoms with Crippen LogP contribution in [0, 0.1) is 11.8 Å². The third kappa shape index (κ3) is 3.27. The topological polar surface area (TPSA) is 3.24 Å². The Hall–Kier alpha value is -0.0400. The quantitative estimate of drug-likeness (QED) is 0.666. The van der Waals surface area contributed by atoms with Gasteiger partial charge < -0.3 is 4.90 Å². The molecule has 0 atom stereocenters. The molecule has 0 aromatic rings. The fourth-order valence-corrected chi connectivity index (χ4v) is 2.74. The van der Waals surface area contributed by atoms with Gasteiger partial charge in [0.25, 0.3) is 0 Å². The zero-order valence-electron chi connectivity index (χ0n) is 10.4. The Morgan fingerprint density at radius 1 is 1.14 bits per heavy atom. The van der Waals surface area contributed by atoms with Gasteiger partial charge in [-0.3, -0.25) is 0 Å². The molecule has 0 bridgehead atoms. The summed E-state index contributed by atoms with van der Waals surface area (Å²) in [6.45, 7) is 8.30. The molecule has 0 N–H and O–H groups in total. The van der Waals surface area contributed by atoms with Crippen LogP contribution in [0.25, 0.3) is 0 Å². The van der Waals surface area contributed by atoms with Crippen LogP contribution >= 0.6 is 0 Å². The molecule has 1 aliphatic rings. The van der Waals surface area contributed by atoms with Gasteiger partial charge in [-0.05, 0) is 57.5 Å². The van der Waals surface area contributed by atoms with Crippen LogP contribution in [-0.2, 0) is 0 Å². The molecule has 1 saturated carbocycles. The first kappa shape index (κ1) is 12.0. The molecule has 14 heavy (non-hydrogen) atoms. The number of hydrogen-bond acceptors (Lipinski definition) is 1. The summed E-state index contributed by atoms with van der Waals surface area (Å²) in [5.41, 5.74) is 0. The predicted octanol–water partition coefficient (Wildman–Crippen LogP) is 3.54. The number of nitrogens with zero attached hydrogens (tertiary/aromatic N) is 1. The summed E-state index contributed by atoms with van der Waals surface area (Å²) in [4.78, 5) is 2.57. The summed E-state index contributed by atoms with van der Waals surface area (Å²) >= 11 is 0. The normalized spacial score (nSPS) is 28.7. The van der Waals surface area contributed by atoms with Gasteiger partial charge in [0.1, 0.15) is 0 Å². The summed E-state index contributed by atoms with van der Waals surface area (Å²) in [6, 6.07) is 0.880. The van der Waals surface area contributed by atoms with Crippen molar-refractivity contribution in [1.82, 2.24) is 4.90 Å². The molecule has 0 spiro atoms. The van der Waals surface area contributed by atoms with Gasteiger partial charge in [-0.25, -0.2) is 0 Å². The standard InChI is InChI=1S/C13H27N/c1-5-10-14(4)13-8-6-12(7-9-13)11(2)3/h11-13H,5-10H2,1-4H3/t12-,13+. The Kier molecular flexibility index (Phi) is 4.94. The van der Waals surface area contributed by atoms with E-state index in [1.165, 1.54) is 38.6 Å². The second-order valence-corrected chi connectivity index (χ2v) is 5.29. The molecule has 0 aromatic carbocycles. The Morgan fingerprint density at radius 3 is 2.14 bits per heavy atom. The van der Waals surface area contributed by atoms with Gasteiger partial charge >= 0.3 is 0 Å². The van der Waals surface area contributed by atoms with Gasteiger partial charge in [-0.2, -0.15) is 0 Å². The molecule has 1 aliphatic carbocycles. The summed E-state index contributed by atoms with van der Waals surface area (Å²) in [5, 5.41) is 0. The molecule has 0 radical (unpaired) electrons. The molecule has 1 fully saturated rings. The van der Waals surface area contributed by atoms with E-state index in [2.05, 4.69) is 32.7 Å². The van der Waals surface area contributed by atoms with E-state index in [9.17, 15) is 0 Å². The first-order valence-electron chi connectivity index (χ1n) is 6.35. The van der Waals surface area contributed by atoms with Crippen LogP contribution in [0.1, 0.15) is 52.9 Å². The number of rotatable bonds is 4. The van der Waals surface area contributed by atoms with Gasteiger partial charge in [0.05, 0.1) is 0 Å². The lowest BCUT2D eigenvalue weighted by Crippen LogP contribution is -2.36. The SMILES string of the molecule is CCCN(C)[C@H]1CC[C@@H](C(C)C)CC1. The highest BCUT2D eigenvalue weighted by Crippen LogP contribution is 2.31. The van der Waals surface area contributed by atoms with Gasteiger partial charge in [-0.15, -0.1) is 0 Å². The number of hydrogen-bond donors (Lipinski definition) is 0. The molecule has 0 aliphatic heterocycles. The zero-order valence-corrected chi connectivity index (χ0v) is 10.4. The first-order chi connectivity index (χ1) is 6.65. The predicted molar refractivity (Wildman–Crippen MR) is 63.5 cm³/mol. The molecule has 0 amide bonds. The lowest BCUT2D eigenvalue weighted by atomic mass is 9.79. The van der Waals surface area contributed by atoms with E-state index in [1.807, 2.05) is 0 Å². The van der Waals surface area contributed by atoms with E-state index in [4.69, 9.17) is 0 Å². The van der Waals surface area contributed by atoms with Gasteiger partial charge in [0.2, 0.25) is 0 Å². The molecular formula is C13H27N. The molecule has 0 unspecified atom stereocenters. The summed E-state index contributed by atoms with van der Waals surface area (Å²) in [7, 11) is 2.30. The fourth-order valence-electron chi connectivity index (χ4n) is 2.74. The highest BCUT2D eigenvalue weighted by Gasteiger charge is 2.24. The average Bonchev–Trinajstić information content (AvgIpc) is 2.18. The van der Waals surface area contributed by atoms with Crippen LogP contribution < -0.4 is 0 Å². The van der Waals surface area contributed by atoms with Crippen molar-refractivity contribution in [2.75, 3.05) is 13.6 Å². The van der Waals surface area contributed by atoms with E-state index < -0.39 is 0 Å². The second kappa shape index (κ2) is 5.75. The summed E-state index contributed by atoms with van der Waals surface area (Å²) in [6.07, 6.45) is 7.06. The van der Waals surface area contributed by atoms with Crippen molar-refractivity contribution < 1.29 is 0 Å². The monoisotopic (exact) mass is 197 g/mol. The maximum Gasteiger partial charge on any atom is 0.00924 e. The molecular weight excluding hydrogens is 170 g/mol. The average molecular weight is 197 g/mol. The minimum absolute atomic E-state index is 0.880. The van der Waals surface area contributed by atoms with Crippen molar-refractivity contribution in [2.24, 2.45) is 11.8 Å². The van der Waals surface area contributed by atoms with Crippen molar-refractivity contribution >= 4 is 0 Å². The van der Waals surface area contributed by atoms with E-state index in [-0.39, 0.29) is 0 Å². The zero-order chi connectivity index (χ0) is 10.6. The molecule has 0 saturated heterocycles. The smallest absolute Gasteiger partial charge is 0.00924 e. The molecule has 0 aromatic heterocycles. The Morgan fingerprint density at radius 2 is 1.71 bits per heavy atom. The van der Waals surface area contributed by atoms with Crippen LogP contribution in [0.5, 0.6) is 0 Å². The highest BCUT2D eigenvalue weighted by atomic mass is 15.1. The van der Waals surface area contributed by atoms with Crippen molar-refractivity contribution in [3.05, 3.63) is 0 Å². The Labute approximate surface area is 89.9 Å². The van der Waals surface area contributed by atoms with Crippen molar-refractivity contribution in [3.8, 4) is 0 Å². The van der Waals surface area contributed by atoms with Crippen LogP contribution in [0.2, 0.25) is 0 Å². The van der Waals surface area contributed by atoms with Gasteiger partial charge in [0, 0.05) is 6.04 Å². The maximum absolute atomic E-state index is 2.57. The third-order valence-corrected chi connectivity index (χ3v) is 3.88. The minimum Gasteiger partial charge on any atom is -0.303 e. The Bertz CT molecular complexity index is 145. The Balaban J connectivity index is 2.28. The molecule has 1 rings (SSSR count). The second-order valence-electron chi connectivity index (χ2n) is 5.29. The van der Waals surface area contributed by atoms with Gasteiger partial charge in [-0.1, -0.05) is 20.8 Å². The molecule has 1 nitrogen and oxygen atoms in total. The van der Waals surface area contributed by atoms with Crippen molar-refractivity contribution in [2.45, 2.75) is 58.9 Å². The minimum atomic E-state index is 0.880. The van der Waals surface area contributed by atoms with Crippen LogP contribution in [0.15, 0.2) is 0 Å². The van der Waals surface area contributed by atoms with Crippen molar-refractivity contribution in [1.29, 1.82) is 0 Å². The largest absolute Gasteiger partial charge is 0.303 e. The highest BCUT2D eigenvalue weighted by molar-refractivity contribution is 4.79. The van der Waals surface area contributed by atoms with E-state index in [0.29, 0.717) is 0 Å². The van der Waals surface area contributed by atoms with Gasteiger partial charge in [0.15, 0.2) is 0 Å². The lowest BCUT2D eigenvalue weighted by Gasteiger charge is -2.36. The maximum atomic E-state index is 2.57. The van der Waals surface area contributed by atoms with Crippen LogP contribution in [0.3, 0.4) is 0 Å². The molecule has 84 valence electrons. The van der Waals surface area contributed by atoms with E-state index in [1.54, 1.807) is 0 Å². The summed E-state index contributed by atoms with van der Waals surface area (Å²) < 4.78 is 0. The van der Waals surface area contributed by atoms with Crippen molar-refractivity contribution in [3.63, 3.8) is 0 Å². The summed E-state index contributed by atoms with van der Waals surface area (Å²) in [5.74, 6) is 1.90. The third-order valence-electron chi connectivity index (χ3n) is 3.88. The molecule has 0 heterocycles. The fraction of sp³-hybridized carbons (Fsp3) is 1.00.